The van der Waals surface area contributed by atoms with Crippen molar-refractivity contribution in [3.63, 3.8) is 0 Å². The van der Waals surface area contributed by atoms with E-state index in [4.69, 9.17) is 0 Å². The molecule has 0 saturated carbocycles. The zero-order valence-corrected chi connectivity index (χ0v) is 11.9. The van der Waals surface area contributed by atoms with Crippen LogP contribution < -0.4 is 10.2 Å². The average molecular weight is 271 g/mol. The minimum Gasteiger partial charge on any atom is -0.378 e. The number of aromatic nitrogens is 3. The van der Waals surface area contributed by atoms with Crippen LogP contribution in [0.4, 0.5) is 11.4 Å². The molecule has 20 heavy (non-hydrogen) atoms. The highest BCUT2D eigenvalue weighted by Crippen LogP contribution is 2.28. The van der Waals surface area contributed by atoms with Gasteiger partial charge in [0.05, 0.1) is 29.8 Å². The highest BCUT2D eigenvalue weighted by atomic mass is 15.4. The molecule has 0 amide bonds. The summed E-state index contributed by atoms with van der Waals surface area (Å²) in [6, 6.07) is 8.54. The first-order valence-corrected chi connectivity index (χ1v) is 7.26. The van der Waals surface area contributed by atoms with Crippen LogP contribution in [0.5, 0.6) is 0 Å². The Kier molecular flexibility index (Phi) is 3.85. The molecule has 1 aliphatic heterocycles. The Morgan fingerprint density at radius 2 is 1.95 bits per heavy atom. The van der Waals surface area contributed by atoms with Gasteiger partial charge in [-0.15, -0.1) is 5.10 Å². The quantitative estimate of drug-likeness (QED) is 0.927. The van der Waals surface area contributed by atoms with Crippen LogP contribution in [0.25, 0.3) is 0 Å². The normalized spacial score (nSPS) is 15.3. The third kappa shape index (κ3) is 2.76. The summed E-state index contributed by atoms with van der Waals surface area (Å²) in [5, 5.41) is 11.4. The number of hydrogen-bond donors (Lipinski definition) is 1. The third-order valence-corrected chi connectivity index (χ3v) is 3.87. The Labute approximate surface area is 119 Å². The van der Waals surface area contributed by atoms with E-state index in [9.17, 15) is 0 Å². The van der Waals surface area contributed by atoms with Crippen LogP contribution in [0.1, 0.15) is 25.0 Å². The Hall–Kier alpha value is -2.04. The van der Waals surface area contributed by atoms with Crippen LogP contribution in [0, 0.1) is 0 Å². The lowest BCUT2D eigenvalue weighted by molar-refractivity contribution is 0.578. The molecule has 5 heteroatoms. The Bertz CT molecular complexity index is 557. The maximum atomic E-state index is 3.96. The summed E-state index contributed by atoms with van der Waals surface area (Å²) in [6.45, 7) is 3.06. The van der Waals surface area contributed by atoms with Crippen molar-refractivity contribution in [2.24, 2.45) is 7.05 Å². The van der Waals surface area contributed by atoms with Crippen molar-refractivity contribution in [2.75, 3.05) is 23.3 Å². The number of piperidine rings is 1. The fourth-order valence-corrected chi connectivity index (χ4v) is 2.69. The minimum absolute atomic E-state index is 0.744. The maximum Gasteiger partial charge on any atom is 0.0774 e. The lowest BCUT2D eigenvalue weighted by atomic mass is 10.1. The van der Waals surface area contributed by atoms with Crippen LogP contribution in [-0.2, 0) is 13.6 Å². The summed E-state index contributed by atoms with van der Waals surface area (Å²) in [6.07, 6.45) is 5.74. The van der Waals surface area contributed by atoms with E-state index in [1.807, 2.05) is 7.05 Å². The smallest absolute Gasteiger partial charge is 0.0774 e. The second-order valence-electron chi connectivity index (χ2n) is 5.27. The zero-order chi connectivity index (χ0) is 13.8. The third-order valence-electron chi connectivity index (χ3n) is 3.87. The number of nitrogens with one attached hydrogen (secondary N) is 1. The molecule has 1 aliphatic rings. The molecule has 1 saturated heterocycles. The van der Waals surface area contributed by atoms with Gasteiger partial charge in [-0.05, 0) is 31.4 Å². The summed E-state index contributed by atoms with van der Waals surface area (Å²) in [5.74, 6) is 0. The lowest BCUT2D eigenvalue weighted by Gasteiger charge is -2.30. The molecule has 3 rings (SSSR count). The molecule has 1 fully saturated rings. The van der Waals surface area contributed by atoms with E-state index >= 15 is 0 Å². The summed E-state index contributed by atoms with van der Waals surface area (Å²) in [4.78, 5) is 2.48. The number of anilines is 2. The summed E-state index contributed by atoms with van der Waals surface area (Å²) in [7, 11) is 1.92. The van der Waals surface area contributed by atoms with Gasteiger partial charge in [0, 0.05) is 20.1 Å². The van der Waals surface area contributed by atoms with E-state index in [2.05, 4.69) is 44.8 Å². The molecule has 0 unspecified atom stereocenters. The van der Waals surface area contributed by atoms with Gasteiger partial charge in [0.25, 0.3) is 0 Å². The molecule has 1 aromatic heterocycles. The first kappa shape index (κ1) is 13.0. The number of para-hydroxylation sites is 2. The van der Waals surface area contributed by atoms with Gasteiger partial charge in [-0.2, -0.15) is 0 Å². The number of benzene rings is 1. The number of hydrogen-bond acceptors (Lipinski definition) is 4. The standard InChI is InChI=1S/C15H21N5/c1-19-13(12-17-18-19)11-16-14-7-3-4-8-15(14)20-9-5-2-6-10-20/h3-4,7-8,12,16H,2,5-6,9-11H2,1H3. The van der Waals surface area contributed by atoms with Crippen LogP contribution in [0.3, 0.4) is 0 Å². The largest absolute Gasteiger partial charge is 0.378 e. The van der Waals surface area contributed by atoms with Gasteiger partial charge in [0.2, 0.25) is 0 Å². The molecule has 1 aromatic carbocycles. The molecular weight excluding hydrogens is 250 g/mol. The Morgan fingerprint density at radius 3 is 2.70 bits per heavy atom. The molecule has 0 bridgehead atoms. The predicted molar refractivity (Wildman–Crippen MR) is 80.8 cm³/mol. The maximum absolute atomic E-state index is 3.96. The van der Waals surface area contributed by atoms with Crippen molar-refractivity contribution < 1.29 is 0 Å². The molecule has 2 aromatic rings. The van der Waals surface area contributed by atoms with Gasteiger partial charge >= 0.3 is 0 Å². The zero-order valence-electron chi connectivity index (χ0n) is 11.9. The van der Waals surface area contributed by atoms with Crippen molar-refractivity contribution in [2.45, 2.75) is 25.8 Å². The van der Waals surface area contributed by atoms with Crippen molar-refractivity contribution in [3.05, 3.63) is 36.2 Å². The van der Waals surface area contributed by atoms with Crippen LogP contribution in [0.15, 0.2) is 30.5 Å². The molecule has 0 atom stereocenters. The molecule has 106 valence electrons. The van der Waals surface area contributed by atoms with Gasteiger partial charge in [-0.3, -0.25) is 4.68 Å². The first-order chi connectivity index (χ1) is 9.84. The Morgan fingerprint density at radius 1 is 1.15 bits per heavy atom. The molecule has 1 N–H and O–H groups in total. The first-order valence-electron chi connectivity index (χ1n) is 7.26. The molecule has 0 spiro atoms. The molecular formula is C15H21N5. The van der Waals surface area contributed by atoms with E-state index < -0.39 is 0 Å². The molecule has 0 aliphatic carbocycles. The molecule has 5 nitrogen and oxygen atoms in total. The fraction of sp³-hybridized carbons (Fsp3) is 0.467. The average Bonchev–Trinajstić information content (AvgIpc) is 2.92. The van der Waals surface area contributed by atoms with E-state index in [1.54, 1.807) is 10.9 Å². The van der Waals surface area contributed by atoms with E-state index in [0.717, 1.165) is 25.3 Å². The van der Waals surface area contributed by atoms with Gasteiger partial charge in [-0.25, -0.2) is 0 Å². The number of rotatable bonds is 4. The van der Waals surface area contributed by atoms with Crippen molar-refractivity contribution in [1.29, 1.82) is 0 Å². The monoisotopic (exact) mass is 271 g/mol. The van der Waals surface area contributed by atoms with Crippen molar-refractivity contribution in [3.8, 4) is 0 Å². The molecule has 0 radical (unpaired) electrons. The predicted octanol–water partition coefficient (Wildman–Crippen LogP) is 2.42. The summed E-state index contributed by atoms with van der Waals surface area (Å²) >= 11 is 0. The van der Waals surface area contributed by atoms with E-state index in [-0.39, 0.29) is 0 Å². The van der Waals surface area contributed by atoms with E-state index in [1.165, 1.54) is 30.6 Å². The minimum atomic E-state index is 0.744. The summed E-state index contributed by atoms with van der Waals surface area (Å²) in [5.41, 5.74) is 3.58. The highest BCUT2D eigenvalue weighted by Gasteiger charge is 2.14. The lowest BCUT2D eigenvalue weighted by Crippen LogP contribution is -2.30. The topological polar surface area (TPSA) is 46.0 Å². The number of nitrogens with zero attached hydrogens (tertiary/aromatic N) is 4. The van der Waals surface area contributed by atoms with Gasteiger partial charge in [0.1, 0.15) is 0 Å². The van der Waals surface area contributed by atoms with Crippen molar-refractivity contribution in [1.82, 2.24) is 15.0 Å². The SMILES string of the molecule is Cn1nncc1CNc1ccccc1N1CCCCC1. The van der Waals surface area contributed by atoms with Crippen LogP contribution in [-0.4, -0.2) is 28.1 Å². The van der Waals surface area contributed by atoms with Gasteiger partial charge in [-0.1, -0.05) is 17.3 Å². The second-order valence-corrected chi connectivity index (χ2v) is 5.27. The van der Waals surface area contributed by atoms with Crippen molar-refractivity contribution >= 4 is 11.4 Å². The second kappa shape index (κ2) is 5.94. The van der Waals surface area contributed by atoms with Crippen LogP contribution in [0.2, 0.25) is 0 Å². The van der Waals surface area contributed by atoms with Gasteiger partial charge in [0.15, 0.2) is 0 Å². The molecule has 2 heterocycles. The fourth-order valence-electron chi connectivity index (χ4n) is 2.69. The highest BCUT2D eigenvalue weighted by molar-refractivity contribution is 5.70. The van der Waals surface area contributed by atoms with Gasteiger partial charge < -0.3 is 10.2 Å². The van der Waals surface area contributed by atoms with E-state index in [0.29, 0.717) is 0 Å². The summed E-state index contributed by atoms with van der Waals surface area (Å²) < 4.78 is 1.80. The number of aryl methyl sites for hydroxylation is 1. The Balaban J connectivity index is 1.74. The van der Waals surface area contributed by atoms with Crippen LogP contribution >= 0.6 is 0 Å².